The number of carbonyl (C=O) groups excluding carboxylic acids is 1. The Hall–Kier alpha value is -2.14. The minimum atomic E-state index is -0.0296. The summed E-state index contributed by atoms with van der Waals surface area (Å²) in [6.07, 6.45) is 4.06. The normalized spacial score (nSPS) is 18.2. The third-order valence-electron chi connectivity index (χ3n) is 4.31. The highest BCUT2D eigenvalue weighted by atomic mass is 16.5. The predicted octanol–water partition coefficient (Wildman–Crippen LogP) is 2.49. The van der Waals surface area contributed by atoms with Crippen LogP contribution in [0, 0.1) is 13.8 Å². The van der Waals surface area contributed by atoms with Gasteiger partial charge in [0.15, 0.2) is 0 Å². The Balaban J connectivity index is 1.62. The maximum Gasteiger partial charge on any atom is 0.224 e. The average molecular weight is 313 g/mol. The summed E-state index contributed by atoms with van der Waals surface area (Å²) in [6.45, 7) is 6.69. The third kappa shape index (κ3) is 3.79. The number of aryl methyl sites for hydroxylation is 3. The van der Waals surface area contributed by atoms with E-state index in [4.69, 9.17) is 4.74 Å². The average Bonchev–Trinajstić information content (AvgIpc) is 3.06. The molecule has 0 radical (unpaired) electrons. The van der Waals surface area contributed by atoms with E-state index in [2.05, 4.69) is 37.1 Å². The molecule has 1 amide bonds. The van der Waals surface area contributed by atoms with Gasteiger partial charge in [-0.25, -0.2) is 0 Å². The van der Waals surface area contributed by atoms with Gasteiger partial charge < -0.3 is 9.64 Å². The molecule has 0 aliphatic carbocycles. The largest absolute Gasteiger partial charge is 0.370 e. The van der Waals surface area contributed by atoms with E-state index in [1.807, 2.05) is 17.2 Å². The monoisotopic (exact) mass is 313 g/mol. The Morgan fingerprint density at radius 3 is 3.00 bits per heavy atom. The van der Waals surface area contributed by atoms with Crippen LogP contribution in [0.5, 0.6) is 0 Å². The molecule has 1 fully saturated rings. The van der Waals surface area contributed by atoms with Crippen LogP contribution in [0.25, 0.3) is 0 Å². The standard InChI is InChI=1S/C18H23N3O2/c1-14-4-5-16(15(2)12-14)17-13-20(10-11-23-17)18(22)6-9-21-8-3-7-19-21/h3-5,7-8,12,17H,6,9-11,13H2,1-2H3. The lowest BCUT2D eigenvalue weighted by Gasteiger charge is -2.34. The van der Waals surface area contributed by atoms with Crippen molar-refractivity contribution >= 4 is 5.91 Å². The summed E-state index contributed by atoms with van der Waals surface area (Å²) >= 11 is 0. The van der Waals surface area contributed by atoms with Gasteiger partial charge >= 0.3 is 0 Å². The van der Waals surface area contributed by atoms with Gasteiger partial charge in [-0.05, 0) is 31.0 Å². The van der Waals surface area contributed by atoms with Crippen LogP contribution in [0.2, 0.25) is 0 Å². The summed E-state index contributed by atoms with van der Waals surface area (Å²) in [4.78, 5) is 14.4. The fourth-order valence-electron chi connectivity index (χ4n) is 3.05. The van der Waals surface area contributed by atoms with E-state index in [1.54, 1.807) is 10.9 Å². The number of amides is 1. The fraction of sp³-hybridized carbons (Fsp3) is 0.444. The van der Waals surface area contributed by atoms with E-state index in [0.29, 0.717) is 32.7 Å². The van der Waals surface area contributed by atoms with Crippen LogP contribution >= 0.6 is 0 Å². The molecule has 1 aliphatic heterocycles. The summed E-state index contributed by atoms with van der Waals surface area (Å²) in [7, 11) is 0. The van der Waals surface area contributed by atoms with Crippen molar-refractivity contribution in [2.45, 2.75) is 32.9 Å². The molecule has 1 aliphatic rings. The molecule has 23 heavy (non-hydrogen) atoms. The van der Waals surface area contributed by atoms with Gasteiger partial charge in [0.1, 0.15) is 6.10 Å². The van der Waals surface area contributed by atoms with Gasteiger partial charge in [-0.3, -0.25) is 9.48 Å². The van der Waals surface area contributed by atoms with Gasteiger partial charge in [0.05, 0.1) is 13.2 Å². The number of carbonyl (C=O) groups is 1. The zero-order valence-corrected chi connectivity index (χ0v) is 13.7. The van der Waals surface area contributed by atoms with E-state index in [1.165, 1.54) is 16.7 Å². The number of morpholine rings is 1. The smallest absolute Gasteiger partial charge is 0.224 e. The number of benzene rings is 1. The molecule has 0 saturated carbocycles. The number of aromatic nitrogens is 2. The van der Waals surface area contributed by atoms with Crippen LogP contribution < -0.4 is 0 Å². The summed E-state index contributed by atoms with van der Waals surface area (Å²) in [6, 6.07) is 8.25. The van der Waals surface area contributed by atoms with Crippen LogP contribution in [0.3, 0.4) is 0 Å². The first-order valence-corrected chi connectivity index (χ1v) is 8.07. The molecule has 1 atom stereocenters. The minimum Gasteiger partial charge on any atom is -0.370 e. The fourth-order valence-corrected chi connectivity index (χ4v) is 3.05. The van der Waals surface area contributed by atoms with E-state index >= 15 is 0 Å². The first-order valence-electron chi connectivity index (χ1n) is 8.07. The van der Waals surface area contributed by atoms with Gasteiger partial charge in [-0.15, -0.1) is 0 Å². The number of hydrogen-bond donors (Lipinski definition) is 0. The molecule has 1 aromatic carbocycles. The highest BCUT2D eigenvalue weighted by molar-refractivity contribution is 5.76. The molecule has 3 rings (SSSR count). The lowest BCUT2D eigenvalue weighted by molar-refractivity contribution is -0.139. The molecule has 5 nitrogen and oxygen atoms in total. The topological polar surface area (TPSA) is 47.4 Å². The first kappa shape index (κ1) is 15.7. The van der Waals surface area contributed by atoms with E-state index < -0.39 is 0 Å². The van der Waals surface area contributed by atoms with Crippen molar-refractivity contribution in [2.24, 2.45) is 0 Å². The van der Waals surface area contributed by atoms with Crippen molar-refractivity contribution in [2.75, 3.05) is 19.7 Å². The molecule has 1 saturated heterocycles. The van der Waals surface area contributed by atoms with Crippen molar-refractivity contribution in [3.05, 3.63) is 53.3 Å². The lowest BCUT2D eigenvalue weighted by atomic mass is 10.00. The zero-order chi connectivity index (χ0) is 16.2. The van der Waals surface area contributed by atoms with Crippen LogP contribution in [0.1, 0.15) is 29.2 Å². The maximum absolute atomic E-state index is 12.4. The highest BCUT2D eigenvalue weighted by Gasteiger charge is 2.26. The van der Waals surface area contributed by atoms with Gasteiger partial charge in [-0.2, -0.15) is 5.10 Å². The molecule has 122 valence electrons. The van der Waals surface area contributed by atoms with Crippen LogP contribution in [0.15, 0.2) is 36.7 Å². The van der Waals surface area contributed by atoms with Gasteiger partial charge in [-0.1, -0.05) is 23.8 Å². The molecule has 0 N–H and O–H groups in total. The van der Waals surface area contributed by atoms with E-state index in [0.717, 1.165) is 0 Å². The van der Waals surface area contributed by atoms with Gasteiger partial charge in [0.2, 0.25) is 5.91 Å². The zero-order valence-electron chi connectivity index (χ0n) is 13.7. The van der Waals surface area contributed by atoms with Gasteiger partial charge in [0, 0.05) is 31.9 Å². The SMILES string of the molecule is Cc1ccc(C2CN(C(=O)CCn3cccn3)CCO2)c(C)c1. The first-order chi connectivity index (χ1) is 11.1. The molecule has 0 spiro atoms. The van der Waals surface area contributed by atoms with E-state index in [-0.39, 0.29) is 12.0 Å². The Bertz CT molecular complexity index is 667. The van der Waals surface area contributed by atoms with Crippen LogP contribution in [0.4, 0.5) is 0 Å². The molecule has 2 heterocycles. The number of hydrogen-bond acceptors (Lipinski definition) is 3. The second kappa shape index (κ2) is 6.96. The van der Waals surface area contributed by atoms with Crippen molar-refractivity contribution in [1.29, 1.82) is 0 Å². The minimum absolute atomic E-state index is 0.0296. The third-order valence-corrected chi connectivity index (χ3v) is 4.31. The van der Waals surface area contributed by atoms with Gasteiger partial charge in [0.25, 0.3) is 0 Å². The quantitative estimate of drug-likeness (QED) is 0.871. The molecular formula is C18H23N3O2. The number of ether oxygens (including phenoxy) is 1. The lowest BCUT2D eigenvalue weighted by Crippen LogP contribution is -2.42. The van der Waals surface area contributed by atoms with Crippen molar-refractivity contribution in [3.63, 3.8) is 0 Å². The molecule has 1 unspecified atom stereocenters. The second-order valence-electron chi connectivity index (χ2n) is 6.08. The Labute approximate surface area is 136 Å². The molecule has 2 aromatic rings. The van der Waals surface area contributed by atoms with Crippen molar-refractivity contribution < 1.29 is 9.53 Å². The van der Waals surface area contributed by atoms with Crippen LogP contribution in [-0.4, -0.2) is 40.3 Å². The Morgan fingerprint density at radius 1 is 1.39 bits per heavy atom. The number of nitrogens with zero attached hydrogens (tertiary/aromatic N) is 3. The summed E-state index contributed by atoms with van der Waals surface area (Å²) in [5, 5.41) is 4.14. The molecule has 0 bridgehead atoms. The van der Waals surface area contributed by atoms with E-state index in [9.17, 15) is 4.79 Å². The summed E-state index contributed by atoms with van der Waals surface area (Å²) in [5.41, 5.74) is 3.65. The molecule has 1 aromatic heterocycles. The summed E-state index contributed by atoms with van der Waals surface area (Å²) < 4.78 is 7.70. The van der Waals surface area contributed by atoms with Crippen LogP contribution in [-0.2, 0) is 16.1 Å². The second-order valence-corrected chi connectivity index (χ2v) is 6.08. The Kier molecular flexibility index (Phi) is 4.76. The molecule has 5 heteroatoms. The summed E-state index contributed by atoms with van der Waals surface area (Å²) in [5.74, 6) is 0.165. The highest BCUT2D eigenvalue weighted by Crippen LogP contribution is 2.26. The van der Waals surface area contributed by atoms with Crippen molar-refractivity contribution in [1.82, 2.24) is 14.7 Å². The number of rotatable bonds is 4. The maximum atomic E-state index is 12.4. The predicted molar refractivity (Wildman–Crippen MR) is 88.0 cm³/mol. The molecular weight excluding hydrogens is 290 g/mol. The Morgan fingerprint density at radius 2 is 2.26 bits per heavy atom. The van der Waals surface area contributed by atoms with Crippen molar-refractivity contribution in [3.8, 4) is 0 Å².